The van der Waals surface area contributed by atoms with Crippen molar-refractivity contribution in [1.29, 1.82) is 0 Å². The number of rotatable bonds is 5. The van der Waals surface area contributed by atoms with Gasteiger partial charge in [-0.1, -0.05) is 12.1 Å². The van der Waals surface area contributed by atoms with Gasteiger partial charge in [-0.25, -0.2) is 4.79 Å². The number of ether oxygens (including phenoxy) is 1. The van der Waals surface area contributed by atoms with E-state index < -0.39 is 0 Å². The molecule has 2 aromatic carbocycles. The average molecular weight is 339 g/mol. The largest absolute Gasteiger partial charge is 0.462 e. The van der Waals surface area contributed by atoms with Crippen molar-refractivity contribution in [2.45, 2.75) is 20.8 Å². The molecule has 5 heteroatoms. The Kier molecular flexibility index (Phi) is 4.74. The van der Waals surface area contributed by atoms with Gasteiger partial charge in [0.1, 0.15) is 5.58 Å². The molecule has 0 radical (unpaired) electrons. The Morgan fingerprint density at radius 2 is 1.84 bits per heavy atom. The molecule has 25 heavy (non-hydrogen) atoms. The molecule has 5 nitrogen and oxygen atoms in total. The number of hydrogen-bond donors (Lipinski definition) is 0. The number of hydrogen-bond acceptors (Lipinski definition) is 5. The van der Waals surface area contributed by atoms with Crippen LogP contribution in [0.25, 0.3) is 21.7 Å². The highest BCUT2D eigenvalue weighted by molar-refractivity contribution is 6.07. The van der Waals surface area contributed by atoms with Crippen molar-refractivity contribution in [3.63, 3.8) is 0 Å². The Morgan fingerprint density at radius 3 is 2.52 bits per heavy atom. The third-order valence-electron chi connectivity index (χ3n) is 4.28. The molecule has 0 aliphatic rings. The molecule has 130 valence electrons. The average Bonchev–Trinajstić information content (AvgIpc) is 2.62. The fourth-order valence-electron chi connectivity index (χ4n) is 3.01. The molecule has 0 N–H and O–H groups in total. The van der Waals surface area contributed by atoms with Crippen LogP contribution in [0.5, 0.6) is 0 Å². The number of esters is 1. The van der Waals surface area contributed by atoms with Gasteiger partial charge in [0.25, 0.3) is 0 Å². The first-order chi connectivity index (χ1) is 12.1. The first kappa shape index (κ1) is 17.0. The SMILES string of the molecule is CCOC(=O)c1ccc2c(ccc3oc(N(CC)CC)cc(=O)c32)c1. The van der Waals surface area contributed by atoms with Gasteiger partial charge >= 0.3 is 5.97 Å². The zero-order chi connectivity index (χ0) is 18.0. The van der Waals surface area contributed by atoms with Crippen molar-refractivity contribution in [1.82, 2.24) is 0 Å². The molecule has 0 bridgehead atoms. The van der Waals surface area contributed by atoms with Crippen molar-refractivity contribution < 1.29 is 13.9 Å². The van der Waals surface area contributed by atoms with E-state index in [1.54, 1.807) is 31.2 Å². The maximum Gasteiger partial charge on any atom is 0.338 e. The molecule has 1 aromatic heterocycles. The molecular weight excluding hydrogens is 318 g/mol. The maximum atomic E-state index is 12.7. The van der Waals surface area contributed by atoms with Crippen LogP contribution in [0.4, 0.5) is 5.88 Å². The van der Waals surface area contributed by atoms with Crippen LogP contribution >= 0.6 is 0 Å². The quantitative estimate of drug-likeness (QED) is 0.520. The maximum absolute atomic E-state index is 12.7. The van der Waals surface area contributed by atoms with Gasteiger partial charge in [0, 0.05) is 19.2 Å². The second-order valence-electron chi connectivity index (χ2n) is 5.72. The summed E-state index contributed by atoms with van der Waals surface area (Å²) in [6.45, 7) is 7.66. The third-order valence-corrected chi connectivity index (χ3v) is 4.28. The van der Waals surface area contributed by atoms with Crippen LogP contribution in [-0.4, -0.2) is 25.7 Å². The summed E-state index contributed by atoms with van der Waals surface area (Å²) in [4.78, 5) is 26.6. The Labute approximate surface area is 145 Å². The van der Waals surface area contributed by atoms with Crippen LogP contribution in [-0.2, 0) is 4.74 Å². The minimum atomic E-state index is -0.367. The van der Waals surface area contributed by atoms with Crippen molar-refractivity contribution in [2.75, 3.05) is 24.6 Å². The summed E-state index contributed by atoms with van der Waals surface area (Å²) < 4.78 is 11.0. The van der Waals surface area contributed by atoms with Crippen LogP contribution in [0.3, 0.4) is 0 Å². The molecule has 0 saturated carbocycles. The molecule has 0 aliphatic heterocycles. The van der Waals surface area contributed by atoms with Crippen LogP contribution in [0.2, 0.25) is 0 Å². The molecule has 0 fully saturated rings. The first-order valence-corrected chi connectivity index (χ1v) is 8.51. The molecule has 0 amide bonds. The topological polar surface area (TPSA) is 59.8 Å². The van der Waals surface area contributed by atoms with E-state index in [-0.39, 0.29) is 11.4 Å². The van der Waals surface area contributed by atoms with Gasteiger partial charge in [-0.05, 0) is 49.7 Å². The molecule has 0 atom stereocenters. The van der Waals surface area contributed by atoms with Gasteiger partial charge in [0.2, 0.25) is 0 Å². The van der Waals surface area contributed by atoms with Crippen LogP contribution in [0, 0.1) is 0 Å². The lowest BCUT2D eigenvalue weighted by atomic mass is 10.0. The number of nitrogens with zero attached hydrogens (tertiary/aromatic N) is 1. The monoisotopic (exact) mass is 339 g/mol. The molecule has 3 rings (SSSR count). The van der Waals surface area contributed by atoms with Crippen molar-refractivity contribution >= 4 is 33.6 Å². The minimum absolute atomic E-state index is 0.0855. The van der Waals surface area contributed by atoms with Crippen LogP contribution < -0.4 is 10.3 Å². The predicted molar refractivity (Wildman–Crippen MR) is 99.5 cm³/mol. The summed E-state index contributed by atoms with van der Waals surface area (Å²) in [5.74, 6) is 0.207. The fourth-order valence-corrected chi connectivity index (χ4v) is 3.01. The highest BCUT2D eigenvalue weighted by atomic mass is 16.5. The fraction of sp³-hybridized carbons (Fsp3) is 0.300. The van der Waals surface area contributed by atoms with Gasteiger partial charge in [0.15, 0.2) is 11.3 Å². The molecular formula is C20H21NO4. The number of carbonyl (C=O) groups excluding carboxylic acids is 1. The number of carbonyl (C=O) groups is 1. The molecule has 0 saturated heterocycles. The van der Waals surface area contributed by atoms with E-state index in [1.165, 1.54) is 6.07 Å². The molecule has 0 spiro atoms. The zero-order valence-electron chi connectivity index (χ0n) is 14.7. The summed E-state index contributed by atoms with van der Waals surface area (Å²) in [6.07, 6.45) is 0. The third kappa shape index (κ3) is 3.09. The van der Waals surface area contributed by atoms with E-state index in [9.17, 15) is 9.59 Å². The highest BCUT2D eigenvalue weighted by Crippen LogP contribution is 2.27. The van der Waals surface area contributed by atoms with Crippen molar-refractivity contribution in [3.05, 3.63) is 52.2 Å². The summed E-state index contributed by atoms with van der Waals surface area (Å²) in [6, 6.07) is 10.4. The summed E-state index contributed by atoms with van der Waals surface area (Å²) in [7, 11) is 0. The van der Waals surface area contributed by atoms with Gasteiger partial charge < -0.3 is 14.1 Å². The summed E-state index contributed by atoms with van der Waals surface area (Å²) in [5, 5.41) is 2.11. The van der Waals surface area contributed by atoms with Gasteiger partial charge in [-0.2, -0.15) is 0 Å². The normalized spacial score (nSPS) is 11.0. The first-order valence-electron chi connectivity index (χ1n) is 8.51. The number of benzene rings is 2. The summed E-state index contributed by atoms with van der Waals surface area (Å²) >= 11 is 0. The number of anilines is 1. The lowest BCUT2D eigenvalue weighted by Crippen LogP contribution is -2.23. The lowest BCUT2D eigenvalue weighted by molar-refractivity contribution is 0.0526. The Morgan fingerprint density at radius 1 is 1.08 bits per heavy atom. The molecule has 1 heterocycles. The van der Waals surface area contributed by atoms with Gasteiger partial charge in [0.05, 0.1) is 17.6 Å². The van der Waals surface area contributed by atoms with E-state index in [4.69, 9.17) is 9.15 Å². The van der Waals surface area contributed by atoms with Crippen LogP contribution in [0.15, 0.2) is 45.6 Å². The minimum Gasteiger partial charge on any atom is -0.462 e. The molecule has 0 unspecified atom stereocenters. The van der Waals surface area contributed by atoms with Gasteiger partial charge in [-0.3, -0.25) is 4.79 Å². The Hall–Kier alpha value is -2.82. The van der Waals surface area contributed by atoms with Gasteiger partial charge in [-0.15, -0.1) is 0 Å². The Balaban J connectivity index is 2.18. The number of fused-ring (bicyclic) bond motifs is 3. The lowest BCUT2D eigenvalue weighted by Gasteiger charge is -2.19. The van der Waals surface area contributed by atoms with E-state index in [1.807, 2.05) is 24.8 Å². The van der Waals surface area contributed by atoms with Crippen LogP contribution in [0.1, 0.15) is 31.1 Å². The smallest absolute Gasteiger partial charge is 0.338 e. The highest BCUT2D eigenvalue weighted by Gasteiger charge is 2.13. The standard InChI is InChI=1S/C20H21NO4/c1-4-21(5-2)18-12-16(22)19-15-9-7-14(20(23)24-6-3)11-13(15)8-10-17(19)25-18/h7-12H,4-6H2,1-3H3. The zero-order valence-corrected chi connectivity index (χ0v) is 14.7. The molecule has 3 aromatic rings. The van der Waals surface area contributed by atoms with E-state index in [2.05, 4.69) is 0 Å². The Bertz CT molecular complexity index is 986. The van der Waals surface area contributed by atoms with E-state index in [0.717, 1.165) is 23.9 Å². The molecule has 0 aliphatic carbocycles. The van der Waals surface area contributed by atoms with E-state index in [0.29, 0.717) is 29.0 Å². The summed E-state index contributed by atoms with van der Waals surface area (Å²) in [5.41, 5.74) is 0.932. The van der Waals surface area contributed by atoms with Crippen molar-refractivity contribution in [2.24, 2.45) is 0 Å². The second kappa shape index (κ2) is 6.97. The van der Waals surface area contributed by atoms with Crippen molar-refractivity contribution in [3.8, 4) is 0 Å². The second-order valence-corrected chi connectivity index (χ2v) is 5.72. The van der Waals surface area contributed by atoms with E-state index >= 15 is 0 Å². The predicted octanol–water partition coefficient (Wildman–Crippen LogP) is 3.97.